The van der Waals surface area contributed by atoms with Gasteiger partial charge in [-0.3, -0.25) is 40.0 Å². The van der Waals surface area contributed by atoms with Gasteiger partial charge in [-0.2, -0.15) is 10.2 Å². The van der Waals surface area contributed by atoms with Crippen LogP contribution in [-0.2, 0) is 33.4 Å². The Bertz CT molecular complexity index is 4080. The number of morpholine rings is 2. The van der Waals surface area contributed by atoms with Crippen molar-refractivity contribution in [2.45, 2.75) is 65.5 Å². The number of ether oxygens (including phenoxy) is 4. The third kappa shape index (κ3) is 16.4. The molecule has 0 radical (unpaired) electrons. The fraction of sp³-hybridized carbons (Fsp3) is 0.355. The highest BCUT2D eigenvalue weighted by Crippen LogP contribution is 2.33. The van der Waals surface area contributed by atoms with Crippen molar-refractivity contribution in [3.63, 3.8) is 0 Å². The number of carbonyl (C=O) groups excluding carboxylic acids is 2. The first-order valence-corrected chi connectivity index (χ1v) is 30.5. The number of carbonyl (C=O) groups is 2. The fourth-order valence-corrected chi connectivity index (χ4v) is 11.0. The van der Waals surface area contributed by atoms with Gasteiger partial charge in [0.05, 0.1) is 68.0 Å². The molecule has 11 rings (SSSR count). The molecule has 88 heavy (non-hydrogen) atoms. The van der Waals surface area contributed by atoms with Crippen LogP contribution in [0.1, 0.15) is 64.1 Å². The second kappa shape index (κ2) is 27.8. The Morgan fingerprint density at radius 2 is 1.00 bits per heavy atom. The van der Waals surface area contributed by atoms with Gasteiger partial charge < -0.3 is 29.6 Å². The van der Waals surface area contributed by atoms with Crippen LogP contribution in [0.3, 0.4) is 0 Å². The summed E-state index contributed by atoms with van der Waals surface area (Å²) in [5.74, 6) is 2.51. The summed E-state index contributed by atoms with van der Waals surface area (Å²) in [7, 11) is 0. The third-order valence-electron chi connectivity index (χ3n) is 14.5. The molecule has 0 atom stereocenters. The molecule has 24 nitrogen and oxygen atoms in total. The molecule has 2 aliphatic heterocycles. The molecular weight excluding hydrogens is 1160 g/mol. The second-order valence-corrected chi connectivity index (χ2v) is 25.1. The lowest BCUT2D eigenvalue weighted by Gasteiger charge is -2.26. The highest BCUT2D eigenvalue weighted by molar-refractivity contribution is 7.03. The molecule has 4 aromatic heterocycles. The summed E-state index contributed by atoms with van der Waals surface area (Å²) in [6.07, 6.45) is 0. The number of nitrogens with zero attached hydrogens (tertiary/aromatic N) is 8. The maximum atomic E-state index is 13.4. The zero-order valence-electron chi connectivity index (χ0n) is 49.9. The van der Waals surface area contributed by atoms with E-state index in [0.717, 1.165) is 145 Å². The van der Waals surface area contributed by atoms with Crippen molar-refractivity contribution in [3.8, 4) is 22.9 Å². The first kappa shape index (κ1) is 62.1. The molecule has 2 fully saturated rings. The summed E-state index contributed by atoms with van der Waals surface area (Å²) < 4.78 is 28.9. The number of anilines is 4. The third-order valence-corrected chi connectivity index (χ3v) is 16.1. The molecule has 5 aromatic carbocycles. The molecule has 0 bridgehead atoms. The van der Waals surface area contributed by atoms with Crippen LogP contribution in [0.5, 0.6) is 11.5 Å². The summed E-state index contributed by atoms with van der Waals surface area (Å²) in [4.78, 5) is 81.5. The Hall–Kier alpha value is -8.92. The van der Waals surface area contributed by atoms with Gasteiger partial charge in [-0.1, -0.05) is 90.1 Å². The van der Waals surface area contributed by atoms with E-state index in [0.29, 0.717) is 36.2 Å². The number of H-pyrrole nitrogens is 2. The van der Waals surface area contributed by atoms with Crippen molar-refractivity contribution < 1.29 is 28.5 Å². The first-order valence-electron chi connectivity index (χ1n) is 28.9. The van der Waals surface area contributed by atoms with Gasteiger partial charge in [0, 0.05) is 102 Å². The van der Waals surface area contributed by atoms with Crippen molar-refractivity contribution in [3.05, 3.63) is 184 Å². The van der Waals surface area contributed by atoms with Crippen LogP contribution in [0.15, 0.2) is 141 Å². The summed E-state index contributed by atoms with van der Waals surface area (Å²) in [5.41, 5.74) is 4.67. The Labute approximate surface area is 514 Å². The Balaban J connectivity index is 0.000000195. The van der Waals surface area contributed by atoms with Crippen LogP contribution < -0.4 is 51.9 Å². The van der Waals surface area contributed by atoms with E-state index in [1.54, 1.807) is 21.5 Å². The SMILES string of the molecule is CC(C)(C)c1cc(NC(=O)Nc2ccc(OCCN3CCOCC3)c3ccccc23)n(-c2ccc(Cn3sc(=O)[nH]c3=O)cc2)n1.CC(C)(C)c1cc(NC(=O)Nc2ccc(OCCN3CCOCC3)cc2)n(-c2ccc(Cn3sc(=O)[nH]c3=O)cc2)n1. The Morgan fingerprint density at radius 3 is 1.45 bits per heavy atom. The van der Waals surface area contributed by atoms with Crippen molar-refractivity contribution in [1.29, 1.82) is 0 Å². The van der Waals surface area contributed by atoms with Gasteiger partial charge in [0.2, 0.25) is 0 Å². The average molecular weight is 1240 g/mol. The number of hydrogen-bond donors (Lipinski definition) is 6. The Kier molecular flexibility index (Phi) is 19.7. The standard InChI is InChI=1S/C33H37N7O5S.C29H35N7O5S/c1-33(2,3)28-20-29(40(37-28)23-10-8-22(9-11-23)21-39-31(42)36-32(43)46-39)35-30(41)34-26-12-13-27(25-7-5-4-6-24(25)26)45-19-16-38-14-17-44-18-15-38;1-29(2,3)24-18-25(36(33-24)22-8-4-20(5-9-22)19-35-27(38)32-28(39)42-35)31-26(37)30-21-6-10-23(11-7-21)41-17-14-34-12-15-40-16-13-34/h4-13,20H,14-19,21H2,1-3H3,(H2,34,35,41)(H,36,42,43);4-11,18H,12-17,19H2,1-3H3,(H2,30,31,37)(H,32,38,39). The van der Waals surface area contributed by atoms with Crippen molar-refractivity contribution >= 4 is 68.9 Å². The maximum Gasteiger partial charge on any atom is 0.338 e. The van der Waals surface area contributed by atoms with E-state index in [-0.39, 0.29) is 28.8 Å². The fourth-order valence-electron chi connectivity index (χ4n) is 9.64. The minimum Gasteiger partial charge on any atom is -0.492 e. The molecule has 0 spiro atoms. The molecule has 0 unspecified atom stereocenters. The van der Waals surface area contributed by atoms with Gasteiger partial charge in [0.15, 0.2) is 0 Å². The molecule has 0 aliphatic carbocycles. The van der Waals surface area contributed by atoms with Gasteiger partial charge in [0.1, 0.15) is 36.3 Å². The average Bonchev–Trinajstić information content (AvgIpc) is 3.55. The highest BCUT2D eigenvalue weighted by atomic mass is 32.1. The normalized spacial score (nSPS) is 14.0. The quantitative estimate of drug-likeness (QED) is 0.0474. The van der Waals surface area contributed by atoms with Crippen LogP contribution in [-0.4, -0.2) is 138 Å². The van der Waals surface area contributed by atoms with Crippen LogP contribution in [0.2, 0.25) is 0 Å². The molecule has 0 saturated carbocycles. The van der Waals surface area contributed by atoms with Gasteiger partial charge in [0.25, 0.3) is 0 Å². The smallest absolute Gasteiger partial charge is 0.338 e. The molecule has 4 amide bonds. The van der Waals surface area contributed by atoms with Crippen molar-refractivity contribution in [2.24, 2.45) is 0 Å². The van der Waals surface area contributed by atoms with E-state index in [1.165, 1.54) is 7.91 Å². The number of aromatic amines is 2. The van der Waals surface area contributed by atoms with E-state index in [1.807, 2.05) is 109 Å². The summed E-state index contributed by atoms with van der Waals surface area (Å²) >= 11 is 1.69. The van der Waals surface area contributed by atoms with Crippen LogP contribution in [0, 0.1) is 0 Å². The van der Waals surface area contributed by atoms with E-state index in [4.69, 9.17) is 29.1 Å². The number of benzene rings is 5. The van der Waals surface area contributed by atoms with Gasteiger partial charge in [-0.25, -0.2) is 36.5 Å². The number of hydrogen-bond acceptors (Lipinski definition) is 16. The molecule has 462 valence electrons. The Morgan fingerprint density at radius 1 is 0.545 bits per heavy atom. The van der Waals surface area contributed by atoms with Gasteiger partial charge >= 0.3 is 33.2 Å². The highest BCUT2D eigenvalue weighted by Gasteiger charge is 2.24. The molecule has 9 aromatic rings. The zero-order chi connectivity index (χ0) is 62.0. The number of aromatic nitrogens is 8. The van der Waals surface area contributed by atoms with Crippen LogP contribution in [0.4, 0.5) is 32.6 Å². The monoisotopic (exact) mass is 1240 g/mol. The van der Waals surface area contributed by atoms with E-state index < -0.39 is 28.3 Å². The minimum atomic E-state index is -0.433. The molecule has 6 heterocycles. The number of rotatable bonds is 18. The molecule has 2 aliphatic rings. The van der Waals surface area contributed by atoms with E-state index >= 15 is 0 Å². The number of urea groups is 2. The van der Waals surface area contributed by atoms with Crippen LogP contribution in [0.25, 0.3) is 22.1 Å². The van der Waals surface area contributed by atoms with Crippen LogP contribution >= 0.6 is 23.1 Å². The lowest BCUT2D eigenvalue weighted by Crippen LogP contribution is -2.38. The number of fused-ring (bicyclic) bond motifs is 1. The predicted octanol–water partition coefficient (Wildman–Crippen LogP) is 8.12. The number of nitrogens with one attached hydrogen (secondary N) is 6. The summed E-state index contributed by atoms with van der Waals surface area (Å²) in [5, 5.41) is 23.1. The summed E-state index contributed by atoms with van der Waals surface area (Å²) in [6.45, 7) is 22.4. The number of amides is 4. The van der Waals surface area contributed by atoms with Crippen molar-refractivity contribution in [2.75, 3.05) is 100 Å². The van der Waals surface area contributed by atoms with E-state index in [9.17, 15) is 28.8 Å². The topological polar surface area (TPSA) is 271 Å². The molecule has 6 N–H and O–H groups in total. The maximum absolute atomic E-state index is 13.4. The lowest BCUT2D eigenvalue weighted by molar-refractivity contribution is 0.0322. The van der Waals surface area contributed by atoms with Gasteiger partial charge in [-0.05, 0) is 71.8 Å². The largest absolute Gasteiger partial charge is 0.492 e. The molecule has 26 heteroatoms. The minimum absolute atomic E-state index is 0.247. The zero-order valence-corrected chi connectivity index (χ0v) is 51.6. The molecule has 2 saturated heterocycles. The first-order chi connectivity index (χ1) is 42.3. The predicted molar refractivity (Wildman–Crippen MR) is 342 cm³/mol. The lowest BCUT2D eigenvalue weighted by atomic mass is 9.92. The molecular formula is C62H72N14O10S2. The van der Waals surface area contributed by atoms with E-state index in [2.05, 4.69) is 82.6 Å². The van der Waals surface area contributed by atoms with Gasteiger partial charge in [-0.15, -0.1) is 0 Å². The van der Waals surface area contributed by atoms with Crippen molar-refractivity contribution in [1.82, 2.24) is 47.2 Å². The second-order valence-electron chi connectivity index (χ2n) is 23.1. The summed E-state index contributed by atoms with van der Waals surface area (Å²) in [6, 6.07) is 36.7.